The molecule has 0 bridgehead atoms. The van der Waals surface area contributed by atoms with Crippen molar-refractivity contribution in [2.45, 2.75) is 57.7 Å². The highest BCUT2D eigenvalue weighted by atomic mass is 32.2. The fourth-order valence-corrected chi connectivity index (χ4v) is 4.00. The molecular formula is C16H23N5OS. The van der Waals surface area contributed by atoms with Crippen LogP contribution in [0.25, 0.3) is 5.78 Å². The number of hydrogen-bond donors (Lipinski definition) is 1. The first-order valence-electron chi connectivity index (χ1n) is 8.16. The molecule has 1 fully saturated rings. The normalized spacial score (nSPS) is 21.5. The van der Waals surface area contributed by atoms with Gasteiger partial charge in [0.25, 0.3) is 5.78 Å². The van der Waals surface area contributed by atoms with Gasteiger partial charge in [0.2, 0.25) is 5.91 Å². The van der Waals surface area contributed by atoms with E-state index in [9.17, 15) is 4.79 Å². The maximum absolute atomic E-state index is 12.2. The Morgan fingerprint density at radius 3 is 2.91 bits per heavy atom. The smallest absolute Gasteiger partial charge is 0.256 e. The molecule has 2 heterocycles. The molecule has 0 spiro atoms. The summed E-state index contributed by atoms with van der Waals surface area (Å²) in [4.78, 5) is 16.6. The van der Waals surface area contributed by atoms with E-state index in [-0.39, 0.29) is 5.91 Å². The van der Waals surface area contributed by atoms with Crippen LogP contribution >= 0.6 is 11.8 Å². The third kappa shape index (κ3) is 3.65. The second kappa shape index (κ2) is 6.86. The summed E-state index contributed by atoms with van der Waals surface area (Å²) in [7, 11) is 0. The van der Waals surface area contributed by atoms with Crippen molar-refractivity contribution in [3.63, 3.8) is 0 Å². The Kier molecular flexibility index (Phi) is 4.84. The van der Waals surface area contributed by atoms with E-state index in [1.54, 1.807) is 0 Å². The van der Waals surface area contributed by atoms with E-state index in [1.165, 1.54) is 31.0 Å². The van der Waals surface area contributed by atoms with Gasteiger partial charge in [-0.2, -0.15) is 0 Å². The summed E-state index contributed by atoms with van der Waals surface area (Å²) in [6.45, 7) is 6.16. The minimum atomic E-state index is 0.0724. The molecule has 6 nitrogen and oxygen atoms in total. The van der Waals surface area contributed by atoms with Gasteiger partial charge in [-0.25, -0.2) is 4.98 Å². The third-order valence-corrected chi connectivity index (χ3v) is 5.38. The van der Waals surface area contributed by atoms with Crippen LogP contribution in [0.5, 0.6) is 0 Å². The van der Waals surface area contributed by atoms with Crippen LogP contribution in [0.1, 0.15) is 44.0 Å². The van der Waals surface area contributed by atoms with Gasteiger partial charge in [0.1, 0.15) is 0 Å². The number of nitrogens with zero attached hydrogens (tertiary/aromatic N) is 4. The first kappa shape index (κ1) is 16.2. The van der Waals surface area contributed by atoms with Crippen LogP contribution in [0.15, 0.2) is 11.2 Å². The average molecular weight is 333 g/mol. The molecule has 0 aliphatic heterocycles. The van der Waals surface area contributed by atoms with Crippen molar-refractivity contribution in [2.24, 2.45) is 5.92 Å². The fourth-order valence-electron chi connectivity index (χ4n) is 3.20. The summed E-state index contributed by atoms with van der Waals surface area (Å²) in [6.07, 6.45) is 4.78. The predicted octanol–water partition coefficient (Wildman–Crippen LogP) is 2.53. The van der Waals surface area contributed by atoms with Crippen LogP contribution in [-0.4, -0.2) is 37.3 Å². The Labute approximate surface area is 140 Å². The first-order valence-corrected chi connectivity index (χ1v) is 9.14. The predicted molar refractivity (Wildman–Crippen MR) is 90.5 cm³/mol. The maximum Gasteiger partial charge on any atom is 0.256 e. The summed E-state index contributed by atoms with van der Waals surface area (Å²) in [5, 5.41) is 12.1. The minimum Gasteiger partial charge on any atom is -0.352 e. The highest BCUT2D eigenvalue weighted by Gasteiger charge is 2.23. The molecule has 1 aliphatic carbocycles. The van der Waals surface area contributed by atoms with Crippen LogP contribution < -0.4 is 5.32 Å². The summed E-state index contributed by atoms with van der Waals surface area (Å²) < 4.78 is 1.90. The van der Waals surface area contributed by atoms with E-state index in [4.69, 9.17) is 0 Å². The zero-order chi connectivity index (χ0) is 16.4. The Balaban J connectivity index is 1.63. The molecule has 1 aliphatic rings. The molecule has 0 saturated heterocycles. The highest BCUT2D eigenvalue weighted by Crippen LogP contribution is 2.24. The van der Waals surface area contributed by atoms with Crippen molar-refractivity contribution < 1.29 is 4.79 Å². The number of aryl methyl sites for hydroxylation is 2. The molecule has 1 amide bonds. The number of fused-ring (bicyclic) bond motifs is 1. The van der Waals surface area contributed by atoms with Crippen LogP contribution in [-0.2, 0) is 4.79 Å². The van der Waals surface area contributed by atoms with E-state index in [0.717, 1.165) is 23.0 Å². The Hall–Kier alpha value is -1.63. The molecule has 3 rings (SSSR count). The van der Waals surface area contributed by atoms with E-state index in [2.05, 4.69) is 27.4 Å². The van der Waals surface area contributed by atoms with Crippen molar-refractivity contribution in [3.05, 3.63) is 17.5 Å². The SMILES string of the molecule is Cc1cc(C)n2c(SCC(=O)N[C@H]3CCCC[C@H]3C)nnc2n1. The second-order valence-electron chi connectivity index (χ2n) is 6.38. The van der Waals surface area contributed by atoms with Crippen molar-refractivity contribution in [2.75, 3.05) is 5.75 Å². The summed E-state index contributed by atoms with van der Waals surface area (Å²) in [6, 6.07) is 2.31. The second-order valence-corrected chi connectivity index (χ2v) is 7.32. The van der Waals surface area contributed by atoms with Gasteiger partial charge < -0.3 is 5.32 Å². The van der Waals surface area contributed by atoms with Crippen molar-refractivity contribution in [1.29, 1.82) is 0 Å². The Bertz CT molecular complexity index is 714. The van der Waals surface area contributed by atoms with E-state index < -0.39 is 0 Å². The summed E-state index contributed by atoms with van der Waals surface area (Å²) in [5.74, 6) is 1.59. The van der Waals surface area contributed by atoms with E-state index in [1.807, 2.05) is 24.3 Å². The number of rotatable bonds is 4. The molecule has 2 aromatic rings. The minimum absolute atomic E-state index is 0.0724. The molecule has 124 valence electrons. The van der Waals surface area contributed by atoms with Crippen LogP contribution in [0.2, 0.25) is 0 Å². The highest BCUT2D eigenvalue weighted by molar-refractivity contribution is 7.99. The molecule has 0 aromatic carbocycles. The molecule has 7 heteroatoms. The van der Waals surface area contributed by atoms with Gasteiger partial charge in [-0.1, -0.05) is 31.5 Å². The van der Waals surface area contributed by atoms with E-state index in [0.29, 0.717) is 23.5 Å². The Morgan fingerprint density at radius 1 is 1.35 bits per heavy atom. The van der Waals surface area contributed by atoms with Crippen LogP contribution in [0, 0.1) is 19.8 Å². The molecule has 1 saturated carbocycles. The molecule has 2 atom stereocenters. The standard InChI is InChI=1S/C16H23N5OS/c1-10-6-4-5-7-13(10)18-14(22)9-23-16-20-19-15-17-11(2)8-12(3)21(15)16/h8,10,13H,4-7,9H2,1-3H3,(H,18,22)/t10-,13+/m1/s1. The number of hydrogen-bond acceptors (Lipinski definition) is 5. The van der Waals surface area contributed by atoms with Gasteiger partial charge in [0.05, 0.1) is 5.75 Å². The van der Waals surface area contributed by atoms with E-state index >= 15 is 0 Å². The van der Waals surface area contributed by atoms with Crippen molar-refractivity contribution >= 4 is 23.4 Å². The third-order valence-electron chi connectivity index (χ3n) is 4.45. The van der Waals surface area contributed by atoms with Gasteiger partial charge in [-0.05, 0) is 38.7 Å². The molecule has 0 radical (unpaired) electrons. The lowest BCUT2D eigenvalue weighted by Gasteiger charge is -2.29. The van der Waals surface area contributed by atoms with Crippen molar-refractivity contribution in [3.8, 4) is 0 Å². The van der Waals surface area contributed by atoms with Crippen LogP contribution in [0.3, 0.4) is 0 Å². The summed E-state index contributed by atoms with van der Waals surface area (Å²) >= 11 is 1.41. The quantitative estimate of drug-likeness (QED) is 0.871. The average Bonchev–Trinajstić information content (AvgIpc) is 2.90. The van der Waals surface area contributed by atoms with Gasteiger partial charge in [-0.3, -0.25) is 9.20 Å². The zero-order valence-corrected chi connectivity index (χ0v) is 14.7. The number of amides is 1. The molecular weight excluding hydrogens is 310 g/mol. The van der Waals surface area contributed by atoms with Crippen molar-refractivity contribution in [1.82, 2.24) is 24.9 Å². The lowest BCUT2D eigenvalue weighted by Crippen LogP contribution is -2.41. The van der Waals surface area contributed by atoms with Gasteiger partial charge in [0.15, 0.2) is 5.16 Å². The molecule has 0 unspecified atom stereocenters. The Morgan fingerprint density at radius 2 is 2.13 bits per heavy atom. The number of carbonyl (C=O) groups excluding carboxylic acids is 1. The van der Waals surface area contributed by atoms with Gasteiger partial charge in [-0.15, -0.1) is 10.2 Å². The summed E-state index contributed by atoms with van der Waals surface area (Å²) in [5.41, 5.74) is 1.95. The largest absolute Gasteiger partial charge is 0.352 e. The van der Waals surface area contributed by atoms with Gasteiger partial charge >= 0.3 is 0 Å². The monoisotopic (exact) mass is 333 g/mol. The number of carbonyl (C=O) groups is 1. The molecule has 2 aromatic heterocycles. The van der Waals surface area contributed by atoms with Crippen LogP contribution in [0.4, 0.5) is 0 Å². The fraction of sp³-hybridized carbons (Fsp3) is 0.625. The first-order chi connectivity index (χ1) is 11.0. The number of nitrogens with one attached hydrogen (secondary N) is 1. The molecule has 1 N–H and O–H groups in total. The number of thioether (sulfide) groups is 1. The zero-order valence-electron chi connectivity index (χ0n) is 13.9. The lowest BCUT2D eigenvalue weighted by molar-refractivity contribution is -0.119. The lowest BCUT2D eigenvalue weighted by atomic mass is 9.86. The van der Waals surface area contributed by atoms with Gasteiger partial charge in [0, 0.05) is 17.4 Å². The maximum atomic E-state index is 12.2. The number of aromatic nitrogens is 4. The molecule has 23 heavy (non-hydrogen) atoms. The topological polar surface area (TPSA) is 72.2 Å².